The van der Waals surface area contributed by atoms with E-state index in [0.717, 1.165) is 6.42 Å². The topological polar surface area (TPSA) is 9.23 Å². The first-order valence-electron chi connectivity index (χ1n) is 6.80. The van der Waals surface area contributed by atoms with Crippen molar-refractivity contribution in [3.63, 3.8) is 0 Å². The van der Waals surface area contributed by atoms with Crippen molar-refractivity contribution in [2.75, 3.05) is 6.61 Å². The van der Waals surface area contributed by atoms with Crippen molar-refractivity contribution in [1.29, 1.82) is 0 Å². The maximum Gasteiger partial charge on any atom is 0.0941 e. The van der Waals surface area contributed by atoms with Gasteiger partial charge in [0, 0.05) is 0 Å². The van der Waals surface area contributed by atoms with E-state index in [1.54, 1.807) is 6.08 Å². The van der Waals surface area contributed by atoms with Crippen LogP contribution >= 0.6 is 0 Å². The summed E-state index contributed by atoms with van der Waals surface area (Å²) in [6.07, 6.45) is 4.47. The predicted molar refractivity (Wildman–Crippen MR) is 83.5 cm³/mol. The summed E-state index contributed by atoms with van der Waals surface area (Å²) in [6, 6.07) is 8.70. The Morgan fingerprint density at radius 3 is 1.89 bits per heavy atom. The van der Waals surface area contributed by atoms with Gasteiger partial charge in [-0.25, -0.2) is 0 Å². The molecule has 0 aliphatic carbocycles. The summed E-state index contributed by atoms with van der Waals surface area (Å²) < 4.78 is 5.94. The van der Waals surface area contributed by atoms with Crippen LogP contribution in [0.4, 0.5) is 0 Å². The Hall–Kier alpha value is -1.34. The van der Waals surface area contributed by atoms with E-state index in [4.69, 9.17) is 4.74 Å². The highest BCUT2D eigenvalue weighted by atomic mass is 16.5. The number of ether oxygens (including phenoxy) is 1. The van der Waals surface area contributed by atoms with Crippen LogP contribution in [0.2, 0.25) is 0 Å². The van der Waals surface area contributed by atoms with E-state index in [9.17, 15) is 0 Å². The van der Waals surface area contributed by atoms with Gasteiger partial charge in [0.1, 0.15) is 0 Å². The van der Waals surface area contributed by atoms with E-state index in [0.29, 0.717) is 6.61 Å². The second kappa shape index (κ2) is 6.21. The second-order valence-electron chi connectivity index (χ2n) is 6.15. The fourth-order valence-corrected chi connectivity index (χ4v) is 2.10. The predicted octanol–water partition coefficient (Wildman–Crippen LogP) is 4.98. The molecule has 0 aliphatic rings. The minimum absolute atomic E-state index is 0.176. The van der Waals surface area contributed by atoms with Crippen molar-refractivity contribution in [2.45, 2.75) is 45.1 Å². The third kappa shape index (κ3) is 4.07. The summed E-state index contributed by atoms with van der Waals surface area (Å²) in [5.41, 5.74) is 2.37. The van der Waals surface area contributed by atoms with Gasteiger partial charge in [-0.3, -0.25) is 0 Å². The van der Waals surface area contributed by atoms with Gasteiger partial charge in [0.2, 0.25) is 0 Å². The van der Waals surface area contributed by atoms with Crippen molar-refractivity contribution in [3.05, 3.63) is 60.7 Å². The van der Waals surface area contributed by atoms with Crippen LogP contribution in [-0.4, -0.2) is 6.61 Å². The highest BCUT2D eigenvalue weighted by molar-refractivity contribution is 5.31. The van der Waals surface area contributed by atoms with E-state index >= 15 is 0 Å². The lowest BCUT2D eigenvalue weighted by molar-refractivity contribution is -0.0181. The average Bonchev–Trinajstić information content (AvgIpc) is 2.36. The van der Waals surface area contributed by atoms with Crippen LogP contribution < -0.4 is 0 Å². The quantitative estimate of drug-likeness (QED) is 0.654. The Labute approximate surface area is 118 Å². The normalized spacial score (nSPS) is 14.7. The van der Waals surface area contributed by atoms with Crippen LogP contribution in [0.3, 0.4) is 0 Å². The Kier molecular flexibility index (Phi) is 5.13. The molecule has 0 saturated heterocycles. The lowest BCUT2D eigenvalue weighted by atomic mass is 9.84. The summed E-state index contributed by atoms with van der Waals surface area (Å²) in [5.74, 6) is 0. The van der Waals surface area contributed by atoms with E-state index in [1.807, 2.05) is 6.08 Å². The molecule has 0 N–H and O–H groups in total. The smallest absolute Gasteiger partial charge is 0.0941 e. The van der Waals surface area contributed by atoms with E-state index < -0.39 is 0 Å². The highest BCUT2D eigenvalue weighted by Crippen LogP contribution is 2.31. The zero-order valence-corrected chi connectivity index (χ0v) is 12.7. The molecule has 0 bridgehead atoms. The lowest BCUT2D eigenvalue weighted by Gasteiger charge is -2.30. The molecular weight excluding hydrogens is 232 g/mol. The Bertz CT molecular complexity index is 422. The maximum atomic E-state index is 5.94. The number of hydrogen-bond acceptors (Lipinski definition) is 1. The van der Waals surface area contributed by atoms with Gasteiger partial charge in [0.05, 0.1) is 12.2 Å². The van der Waals surface area contributed by atoms with Gasteiger partial charge < -0.3 is 4.74 Å². The Morgan fingerprint density at radius 1 is 0.947 bits per heavy atom. The number of hydrogen-bond donors (Lipinski definition) is 0. The molecule has 0 unspecified atom stereocenters. The third-order valence-corrected chi connectivity index (χ3v) is 3.42. The van der Waals surface area contributed by atoms with Crippen LogP contribution in [-0.2, 0) is 15.8 Å². The second-order valence-corrected chi connectivity index (χ2v) is 6.15. The number of benzene rings is 1. The van der Waals surface area contributed by atoms with E-state index in [2.05, 4.69) is 65.1 Å². The van der Waals surface area contributed by atoms with Gasteiger partial charge in [-0.2, -0.15) is 0 Å². The summed E-state index contributed by atoms with van der Waals surface area (Å²) in [5, 5.41) is 0. The molecule has 0 fully saturated rings. The third-order valence-electron chi connectivity index (χ3n) is 3.42. The molecule has 1 nitrogen and oxygen atoms in total. The molecule has 0 spiro atoms. The maximum absolute atomic E-state index is 5.94. The van der Waals surface area contributed by atoms with Gasteiger partial charge in [-0.05, 0) is 29.9 Å². The van der Waals surface area contributed by atoms with E-state index in [-0.39, 0.29) is 11.0 Å². The summed E-state index contributed by atoms with van der Waals surface area (Å²) in [7, 11) is 0. The minimum Gasteiger partial charge on any atom is -0.366 e. The first-order chi connectivity index (χ1) is 8.83. The Morgan fingerprint density at radius 2 is 1.47 bits per heavy atom. The summed E-state index contributed by atoms with van der Waals surface area (Å²) >= 11 is 0. The van der Waals surface area contributed by atoms with Gasteiger partial charge in [0.25, 0.3) is 0 Å². The largest absolute Gasteiger partial charge is 0.366 e. The van der Waals surface area contributed by atoms with Gasteiger partial charge in [-0.15, -0.1) is 13.2 Å². The van der Waals surface area contributed by atoms with Gasteiger partial charge in [-0.1, -0.05) is 57.2 Å². The van der Waals surface area contributed by atoms with Crippen molar-refractivity contribution >= 4 is 0 Å². The molecular formula is C18H26O. The van der Waals surface area contributed by atoms with E-state index in [1.165, 1.54) is 11.1 Å². The monoisotopic (exact) mass is 258 g/mol. The van der Waals surface area contributed by atoms with Crippen molar-refractivity contribution in [1.82, 2.24) is 0 Å². The molecule has 0 radical (unpaired) electrons. The minimum atomic E-state index is -0.327. The molecule has 1 aromatic rings. The SMILES string of the molecule is C=CCO[C@@](C)(CC=C)c1ccc(C(C)(C)C)cc1. The zero-order valence-electron chi connectivity index (χ0n) is 12.7. The molecule has 0 aliphatic heterocycles. The number of rotatable bonds is 6. The van der Waals surface area contributed by atoms with Crippen LogP contribution in [0.1, 0.15) is 45.2 Å². The Balaban J connectivity index is 3.03. The summed E-state index contributed by atoms with van der Waals surface area (Å²) in [6.45, 7) is 16.9. The van der Waals surface area contributed by atoms with Gasteiger partial charge in [0.15, 0.2) is 0 Å². The fourth-order valence-electron chi connectivity index (χ4n) is 2.10. The van der Waals surface area contributed by atoms with Crippen LogP contribution in [0.5, 0.6) is 0 Å². The van der Waals surface area contributed by atoms with Gasteiger partial charge >= 0.3 is 0 Å². The van der Waals surface area contributed by atoms with Crippen molar-refractivity contribution < 1.29 is 4.74 Å². The standard InChI is InChI=1S/C18H26O/c1-7-13-18(6,19-14-8-2)16-11-9-15(10-12-16)17(3,4)5/h7-12H,1-2,13-14H2,3-6H3/t18-/m0/s1. The van der Waals surface area contributed by atoms with Crippen LogP contribution in [0, 0.1) is 0 Å². The average molecular weight is 258 g/mol. The molecule has 0 aromatic heterocycles. The summed E-state index contributed by atoms with van der Waals surface area (Å²) in [4.78, 5) is 0. The lowest BCUT2D eigenvalue weighted by Crippen LogP contribution is -2.25. The molecule has 104 valence electrons. The zero-order chi connectivity index (χ0) is 14.5. The molecule has 1 aromatic carbocycles. The first kappa shape index (κ1) is 15.7. The van der Waals surface area contributed by atoms with Crippen molar-refractivity contribution in [3.8, 4) is 0 Å². The van der Waals surface area contributed by atoms with Crippen LogP contribution in [0.25, 0.3) is 0 Å². The highest BCUT2D eigenvalue weighted by Gasteiger charge is 2.26. The molecule has 1 rings (SSSR count). The molecule has 19 heavy (non-hydrogen) atoms. The molecule has 0 saturated carbocycles. The molecule has 1 heteroatoms. The first-order valence-corrected chi connectivity index (χ1v) is 6.80. The van der Waals surface area contributed by atoms with Crippen LogP contribution in [0.15, 0.2) is 49.6 Å². The molecule has 0 heterocycles. The molecule has 1 atom stereocenters. The van der Waals surface area contributed by atoms with Crippen molar-refractivity contribution in [2.24, 2.45) is 0 Å². The fraction of sp³-hybridized carbons (Fsp3) is 0.444. The molecule has 0 amide bonds.